The summed E-state index contributed by atoms with van der Waals surface area (Å²) in [6.45, 7) is 1.06. The number of aromatic nitrogens is 3. The number of benzene rings is 2. The predicted molar refractivity (Wildman–Crippen MR) is 117 cm³/mol. The minimum Gasteiger partial charge on any atom is -0.497 e. The summed E-state index contributed by atoms with van der Waals surface area (Å²) in [6, 6.07) is 14.1. The minimum absolute atomic E-state index is 0.221. The number of para-hydroxylation sites is 1. The van der Waals surface area contributed by atoms with Crippen molar-refractivity contribution in [2.45, 2.75) is 24.3 Å². The fourth-order valence-electron chi connectivity index (χ4n) is 3.43. The zero-order valence-electron chi connectivity index (χ0n) is 16.6. The van der Waals surface area contributed by atoms with Gasteiger partial charge < -0.3 is 15.0 Å². The number of methoxy groups -OCH3 is 1. The van der Waals surface area contributed by atoms with E-state index in [1.807, 2.05) is 28.8 Å². The molecule has 0 radical (unpaired) electrons. The summed E-state index contributed by atoms with van der Waals surface area (Å²) in [4.78, 5) is 9.05. The van der Waals surface area contributed by atoms with Crippen molar-refractivity contribution in [2.24, 2.45) is 0 Å². The van der Waals surface area contributed by atoms with Gasteiger partial charge >= 0.3 is 0 Å². The highest BCUT2D eigenvalue weighted by Crippen LogP contribution is 2.27. The van der Waals surface area contributed by atoms with Crippen molar-refractivity contribution in [3.8, 4) is 5.75 Å². The van der Waals surface area contributed by atoms with E-state index in [9.17, 15) is 8.42 Å². The fourth-order valence-corrected chi connectivity index (χ4v) is 4.50. The standard InChI is InChI=1S/C21H23N5O3S/c1-29-15-8-10-16(11-9-15)30(27,28)24-12-4-5-13-26-14-23-19-20(26)17-6-2-3-7-18(17)25-21(19)22/h2-3,6-11,14,24H,4-5,12-13H2,1H3,(H2,22,25). The van der Waals surface area contributed by atoms with Crippen LogP contribution in [0.1, 0.15) is 12.8 Å². The Labute approximate surface area is 174 Å². The number of hydrogen-bond donors (Lipinski definition) is 2. The number of pyridine rings is 1. The summed E-state index contributed by atoms with van der Waals surface area (Å²) in [5.74, 6) is 1.03. The van der Waals surface area contributed by atoms with E-state index in [-0.39, 0.29) is 4.90 Å². The number of ether oxygens (including phenoxy) is 1. The molecule has 0 spiro atoms. The highest BCUT2D eigenvalue weighted by atomic mass is 32.2. The number of aryl methyl sites for hydroxylation is 1. The van der Waals surface area contributed by atoms with Gasteiger partial charge in [0.2, 0.25) is 10.0 Å². The Kier molecular flexibility index (Phi) is 5.56. The number of nitrogens with two attached hydrogens (primary N) is 1. The maximum Gasteiger partial charge on any atom is 0.240 e. The largest absolute Gasteiger partial charge is 0.497 e. The molecule has 30 heavy (non-hydrogen) atoms. The number of imidazole rings is 1. The van der Waals surface area contributed by atoms with Gasteiger partial charge in [0.25, 0.3) is 0 Å². The number of sulfonamides is 1. The Balaban J connectivity index is 1.39. The number of rotatable bonds is 8. The first-order valence-corrected chi connectivity index (χ1v) is 11.1. The second-order valence-corrected chi connectivity index (χ2v) is 8.70. The Bertz CT molecular complexity index is 1280. The summed E-state index contributed by atoms with van der Waals surface area (Å²) < 4.78 is 34.5. The molecule has 0 bridgehead atoms. The zero-order chi connectivity index (χ0) is 21.1. The topological polar surface area (TPSA) is 112 Å². The zero-order valence-corrected chi connectivity index (χ0v) is 17.4. The van der Waals surface area contributed by atoms with E-state index in [2.05, 4.69) is 14.7 Å². The number of anilines is 1. The van der Waals surface area contributed by atoms with E-state index < -0.39 is 10.0 Å². The Morgan fingerprint density at radius 2 is 1.87 bits per heavy atom. The molecule has 2 heterocycles. The third kappa shape index (κ3) is 3.94. The van der Waals surface area contributed by atoms with Crippen LogP contribution in [-0.2, 0) is 16.6 Å². The van der Waals surface area contributed by atoms with Crippen LogP contribution in [0.3, 0.4) is 0 Å². The van der Waals surface area contributed by atoms with E-state index in [1.165, 1.54) is 12.1 Å². The van der Waals surface area contributed by atoms with Gasteiger partial charge in [0.05, 0.1) is 29.4 Å². The third-order valence-electron chi connectivity index (χ3n) is 4.97. The molecule has 4 rings (SSSR count). The lowest BCUT2D eigenvalue weighted by molar-refractivity contribution is 0.414. The molecule has 9 heteroatoms. The SMILES string of the molecule is COc1ccc(S(=O)(=O)NCCCCn2cnc3c(N)nc4ccccc4c32)cc1. The quantitative estimate of drug-likeness (QED) is 0.420. The van der Waals surface area contributed by atoms with Gasteiger partial charge in [-0.05, 0) is 43.2 Å². The van der Waals surface area contributed by atoms with Crippen molar-refractivity contribution in [2.75, 3.05) is 19.4 Å². The summed E-state index contributed by atoms with van der Waals surface area (Å²) in [6.07, 6.45) is 3.23. The molecule has 3 N–H and O–H groups in total. The van der Waals surface area contributed by atoms with Crippen molar-refractivity contribution in [1.29, 1.82) is 0 Å². The molecule has 8 nitrogen and oxygen atoms in total. The maximum atomic E-state index is 12.4. The molecule has 0 aliphatic heterocycles. The van der Waals surface area contributed by atoms with Crippen LogP contribution in [-0.4, -0.2) is 36.6 Å². The molecule has 2 aromatic heterocycles. The molecule has 0 amide bonds. The molecule has 156 valence electrons. The monoisotopic (exact) mass is 425 g/mol. The van der Waals surface area contributed by atoms with Gasteiger partial charge in [0, 0.05) is 18.5 Å². The van der Waals surface area contributed by atoms with Gasteiger partial charge in [-0.3, -0.25) is 0 Å². The normalized spacial score (nSPS) is 11.9. The molecule has 0 atom stereocenters. The first-order valence-electron chi connectivity index (χ1n) is 9.62. The molecule has 0 unspecified atom stereocenters. The fraction of sp³-hybridized carbons (Fsp3) is 0.238. The predicted octanol–water partition coefficient (Wildman–Crippen LogP) is 2.93. The Hall–Kier alpha value is -3.17. The van der Waals surface area contributed by atoms with Crippen LogP contribution in [0.15, 0.2) is 59.8 Å². The second-order valence-electron chi connectivity index (χ2n) is 6.93. The molecule has 0 saturated heterocycles. The lowest BCUT2D eigenvalue weighted by Gasteiger charge is -2.09. The van der Waals surface area contributed by atoms with Crippen LogP contribution in [0, 0.1) is 0 Å². The van der Waals surface area contributed by atoms with E-state index in [0.29, 0.717) is 36.6 Å². The van der Waals surface area contributed by atoms with Gasteiger partial charge in [-0.15, -0.1) is 0 Å². The highest BCUT2D eigenvalue weighted by Gasteiger charge is 2.14. The number of nitrogens with one attached hydrogen (secondary N) is 1. The maximum absolute atomic E-state index is 12.4. The first kappa shape index (κ1) is 20.1. The average Bonchev–Trinajstić information content (AvgIpc) is 3.18. The summed E-state index contributed by atoms with van der Waals surface area (Å²) in [7, 11) is -2.00. The van der Waals surface area contributed by atoms with Crippen LogP contribution < -0.4 is 15.2 Å². The van der Waals surface area contributed by atoms with Crippen molar-refractivity contribution in [3.63, 3.8) is 0 Å². The number of fused-ring (bicyclic) bond motifs is 3. The molecule has 0 aliphatic carbocycles. The highest BCUT2D eigenvalue weighted by molar-refractivity contribution is 7.89. The van der Waals surface area contributed by atoms with Crippen molar-refractivity contribution in [3.05, 3.63) is 54.9 Å². The van der Waals surface area contributed by atoms with Gasteiger partial charge in [-0.1, -0.05) is 18.2 Å². The lowest BCUT2D eigenvalue weighted by atomic mass is 10.2. The van der Waals surface area contributed by atoms with Gasteiger partial charge in [0.1, 0.15) is 11.3 Å². The van der Waals surface area contributed by atoms with Crippen LogP contribution in [0.25, 0.3) is 21.9 Å². The van der Waals surface area contributed by atoms with Gasteiger partial charge in [0.15, 0.2) is 5.82 Å². The first-order chi connectivity index (χ1) is 14.5. The Morgan fingerprint density at radius 1 is 1.10 bits per heavy atom. The van der Waals surface area contributed by atoms with E-state index in [0.717, 1.165) is 22.8 Å². The van der Waals surface area contributed by atoms with Gasteiger partial charge in [-0.25, -0.2) is 23.1 Å². The molecule has 2 aromatic carbocycles. The molecule has 0 saturated carbocycles. The van der Waals surface area contributed by atoms with Crippen molar-refractivity contribution >= 4 is 37.8 Å². The molecule has 0 aliphatic rings. The second kappa shape index (κ2) is 8.29. The molecular weight excluding hydrogens is 402 g/mol. The van der Waals surface area contributed by atoms with E-state index in [4.69, 9.17) is 10.5 Å². The smallest absolute Gasteiger partial charge is 0.240 e. The van der Waals surface area contributed by atoms with Crippen molar-refractivity contribution in [1.82, 2.24) is 19.3 Å². The summed E-state index contributed by atoms with van der Waals surface area (Å²) in [5, 5.41) is 0.999. The van der Waals surface area contributed by atoms with Crippen LogP contribution in [0.5, 0.6) is 5.75 Å². The number of nitrogen functional groups attached to an aromatic ring is 1. The summed E-state index contributed by atoms with van der Waals surface area (Å²) in [5.41, 5.74) is 8.54. The van der Waals surface area contributed by atoms with Gasteiger partial charge in [-0.2, -0.15) is 0 Å². The Morgan fingerprint density at radius 3 is 2.63 bits per heavy atom. The van der Waals surface area contributed by atoms with E-state index >= 15 is 0 Å². The van der Waals surface area contributed by atoms with Crippen LogP contribution in [0.4, 0.5) is 5.82 Å². The number of unbranched alkanes of at least 4 members (excludes halogenated alkanes) is 1. The van der Waals surface area contributed by atoms with Crippen LogP contribution >= 0.6 is 0 Å². The molecule has 4 aromatic rings. The van der Waals surface area contributed by atoms with Crippen molar-refractivity contribution < 1.29 is 13.2 Å². The number of nitrogens with zero attached hydrogens (tertiary/aromatic N) is 3. The van der Waals surface area contributed by atoms with Crippen LogP contribution in [0.2, 0.25) is 0 Å². The summed E-state index contributed by atoms with van der Waals surface area (Å²) >= 11 is 0. The molecule has 0 fully saturated rings. The third-order valence-corrected chi connectivity index (χ3v) is 6.44. The average molecular weight is 426 g/mol. The number of hydrogen-bond acceptors (Lipinski definition) is 6. The minimum atomic E-state index is -3.54. The molecular formula is C21H23N5O3S. The lowest BCUT2D eigenvalue weighted by Crippen LogP contribution is -2.25. The van der Waals surface area contributed by atoms with E-state index in [1.54, 1.807) is 25.6 Å².